The van der Waals surface area contributed by atoms with Crippen LogP contribution in [0.25, 0.3) is 0 Å². The highest BCUT2D eigenvalue weighted by atomic mass is 19.2. The summed E-state index contributed by atoms with van der Waals surface area (Å²) in [7, 11) is 0. The Kier molecular flexibility index (Phi) is 11.5. The highest BCUT2D eigenvalue weighted by Crippen LogP contribution is 2.30. The lowest BCUT2D eigenvalue weighted by molar-refractivity contribution is -0.974. The van der Waals surface area contributed by atoms with Gasteiger partial charge in [0.05, 0.1) is 0 Å². The highest BCUT2D eigenvalue weighted by molar-refractivity contribution is 4.62. The fraction of sp³-hybridized carbons (Fsp3) is 1.00. The minimum Gasteiger partial charge on any atom is -0.284 e. The maximum absolute atomic E-state index is 14.4. The van der Waals surface area contributed by atoms with E-state index in [0.29, 0.717) is 0 Å². The molecule has 0 saturated heterocycles. The highest BCUT2D eigenvalue weighted by Gasteiger charge is 2.75. The molecule has 252 valence electrons. The normalized spacial score (nSPS) is 12.5. The zero-order valence-corrected chi connectivity index (χ0v) is 20.4. The van der Waals surface area contributed by atoms with Crippen molar-refractivity contribution in [3.63, 3.8) is 0 Å². The number of hydrogen-bond acceptors (Lipinski definition) is 24. The first-order valence-electron chi connectivity index (χ1n) is 9.65. The lowest BCUT2D eigenvalue weighted by Crippen LogP contribution is -2.63. The predicted octanol–water partition coefficient (Wildman–Crippen LogP) is -3.01. The van der Waals surface area contributed by atoms with Crippen molar-refractivity contribution in [2.24, 2.45) is 0 Å². The molecule has 0 amide bonds. The van der Waals surface area contributed by atoms with Gasteiger partial charge in [0.1, 0.15) is 19.7 Å². The Morgan fingerprint density at radius 3 is 0.689 bits per heavy atom. The van der Waals surface area contributed by atoms with Crippen molar-refractivity contribution in [1.29, 1.82) is 0 Å². The van der Waals surface area contributed by atoms with Crippen molar-refractivity contribution in [2.75, 3.05) is 26.4 Å². The standard InChI is InChI=1S/C9H8F2N10O24/c10-5(12(22)23,13(24)25)1-42-9(43-2-6(11,14(26)27)15(28)29,44-3-7(16(30)31,17(32)33)18(34)35)45-4-8(19(36)37,20(38)39)21(40)41/h1-4H2. The average Bonchev–Trinajstić information content (AvgIpc) is 2.88. The van der Waals surface area contributed by atoms with Crippen molar-refractivity contribution < 1.29 is 77.0 Å². The van der Waals surface area contributed by atoms with E-state index in [1.54, 1.807) is 0 Å². The van der Waals surface area contributed by atoms with Gasteiger partial charge in [-0.25, -0.2) is 0 Å². The van der Waals surface area contributed by atoms with E-state index < -0.39 is 105 Å². The Labute approximate surface area is 235 Å². The third-order valence-electron chi connectivity index (χ3n) is 4.62. The Balaban J connectivity index is 7.64. The average molecular weight is 678 g/mol. The topological polar surface area (TPSA) is 468 Å². The number of alkyl halides is 2. The minimum atomic E-state index is -5.31. The molecule has 0 heterocycles. The van der Waals surface area contributed by atoms with Crippen LogP contribution in [0.5, 0.6) is 0 Å². The first-order valence-corrected chi connectivity index (χ1v) is 9.65. The van der Waals surface area contributed by atoms with Gasteiger partial charge < -0.3 is 0 Å². The smallest absolute Gasteiger partial charge is 0.284 e. The molecule has 36 heteroatoms. The first-order chi connectivity index (χ1) is 20.3. The van der Waals surface area contributed by atoms with Crippen LogP contribution in [0.4, 0.5) is 8.78 Å². The number of hydrogen-bond donors (Lipinski definition) is 0. The van der Waals surface area contributed by atoms with E-state index in [9.17, 15) is 110 Å². The van der Waals surface area contributed by atoms with Crippen LogP contribution in [0.3, 0.4) is 0 Å². The van der Waals surface area contributed by atoms with E-state index in [2.05, 4.69) is 18.9 Å². The molecule has 0 aromatic carbocycles. The van der Waals surface area contributed by atoms with Crippen LogP contribution < -0.4 is 0 Å². The van der Waals surface area contributed by atoms with E-state index in [1.807, 2.05) is 0 Å². The maximum atomic E-state index is 14.4. The molecule has 0 radical (unpaired) electrons. The SMILES string of the molecule is O=[N+]([O-])C(F)(COC(OCC(F)([N+](=O)[O-])[N+](=O)[O-])(OCC([N+](=O)[O-])([N+](=O)[O-])[N+](=O)[O-])OCC([N+](=O)[O-])([N+](=O)[O-])[N+](=O)[O-])[N+](=O)[O-]. The van der Waals surface area contributed by atoms with Crippen LogP contribution in [0.15, 0.2) is 0 Å². The van der Waals surface area contributed by atoms with Crippen molar-refractivity contribution in [1.82, 2.24) is 0 Å². The molecule has 0 bridgehead atoms. The molecule has 0 saturated carbocycles. The second-order valence-electron chi connectivity index (χ2n) is 7.21. The van der Waals surface area contributed by atoms with E-state index in [0.717, 1.165) is 0 Å². The van der Waals surface area contributed by atoms with Gasteiger partial charge in [-0.3, -0.25) is 120 Å². The summed E-state index contributed by atoms with van der Waals surface area (Å²) >= 11 is 0. The van der Waals surface area contributed by atoms with E-state index in [-0.39, 0.29) is 0 Å². The molecule has 0 aliphatic carbocycles. The Bertz CT molecular complexity index is 1120. The van der Waals surface area contributed by atoms with E-state index in [1.165, 1.54) is 0 Å². The van der Waals surface area contributed by atoms with Crippen LogP contribution in [0, 0.1) is 101 Å². The molecular formula is C9H8F2N10O24. The molecule has 0 N–H and O–H groups in total. The zero-order chi connectivity index (χ0) is 35.9. The number of nitro groups is 10. The first kappa shape index (κ1) is 38.7. The monoisotopic (exact) mass is 678 g/mol. The molecule has 0 aliphatic heterocycles. The minimum absolute atomic E-state index is 2.48. The van der Waals surface area contributed by atoms with E-state index in [4.69, 9.17) is 0 Å². The van der Waals surface area contributed by atoms with Gasteiger partial charge in [0.25, 0.3) is 13.2 Å². The lowest BCUT2D eigenvalue weighted by atomic mass is 10.4. The van der Waals surface area contributed by atoms with Gasteiger partial charge in [-0.05, 0) is 0 Å². The van der Waals surface area contributed by atoms with Crippen LogP contribution in [0.1, 0.15) is 0 Å². The molecule has 0 spiro atoms. The van der Waals surface area contributed by atoms with Crippen LogP contribution in [-0.2, 0) is 18.9 Å². The van der Waals surface area contributed by atoms with Gasteiger partial charge in [0.2, 0.25) is 13.2 Å². The van der Waals surface area contributed by atoms with Gasteiger partial charge in [0, 0.05) is 0 Å². The molecule has 0 rings (SSSR count). The number of halogens is 2. The number of nitrogens with zero attached hydrogens (tertiary/aromatic N) is 10. The third kappa shape index (κ3) is 7.20. The Morgan fingerprint density at radius 1 is 0.356 bits per heavy atom. The molecule has 0 fully saturated rings. The fourth-order valence-electron chi connectivity index (χ4n) is 2.04. The van der Waals surface area contributed by atoms with Crippen molar-refractivity contribution in [3.8, 4) is 0 Å². The summed E-state index contributed by atoms with van der Waals surface area (Å²) in [5, 5.41) is 110. The van der Waals surface area contributed by atoms with Gasteiger partial charge in [-0.15, -0.1) is 0 Å². The quantitative estimate of drug-likeness (QED) is 0.0476. The van der Waals surface area contributed by atoms with Gasteiger partial charge >= 0.3 is 29.6 Å². The summed E-state index contributed by atoms with van der Waals surface area (Å²) in [6.45, 7) is -12.2. The largest absolute Gasteiger partial charge is 0.723 e. The predicted molar refractivity (Wildman–Crippen MR) is 110 cm³/mol. The molecule has 45 heavy (non-hydrogen) atoms. The third-order valence-corrected chi connectivity index (χ3v) is 4.62. The second kappa shape index (κ2) is 13.3. The molecule has 0 aliphatic rings. The Morgan fingerprint density at radius 2 is 0.533 bits per heavy atom. The summed E-state index contributed by atoms with van der Waals surface area (Å²) in [6, 6.07) is 0. The molecule has 0 unspecified atom stereocenters. The molecule has 0 aromatic rings. The van der Waals surface area contributed by atoms with Gasteiger partial charge in [-0.2, -0.15) is 0 Å². The van der Waals surface area contributed by atoms with E-state index >= 15 is 0 Å². The maximum Gasteiger partial charge on any atom is 0.723 e. The summed E-state index contributed by atoms with van der Waals surface area (Å²) < 4.78 is 44.4. The van der Waals surface area contributed by atoms with Crippen LogP contribution in [-0.4, -0.2) is 105 Å². The molecule has 0 aromatic heterocycles. The summed E-state index contributed by atoms with van der Waals surface area (Å²) in [5.74, 6) is -20.7. The van der Waals surface area contributed by atoms with Crippen molar-refractivity contribution in [2.45, 2.75) is 29.6 Å². The van der Waals surface area contributed by atoms with Crippen LogP contribution in [0.2, 0.25) is 0 Å². The lowest BCUT2D eigenvalue weighted by Gasteiger charge is -2.30. The van der Waals surface area contributed by atoms with Crippen LogP contribution >= 0.6 is 0 Å². The second-order valence-corrected chi connectivity index (χ2v) is 7.21. The fourth-order valence-corrected chi connectivity index (χ4v) is 2.04. The number of rotatable bonds is 22. The summed E-state index contributed by atoms with van der Waals surface area (Å²) in [6.07, 6.45) is -5.15. The summed E-state index contributed by atoms with van der Waals surface area (Å²) in [4.78, 5) is 85.4. The number of ether oxygens (including phenoxy) is 4. The molecular weight excluding hydrogens is 670 g/mol. The Hall–Kier alpha value is -6.30. The molecule has 34 nitrogen and oxygen atoms in total. The van der Waals surface area contributed by atoms with Gasteiger partial charge in [0.15, 0.2) is 29.5 Å². The zero-order valence-electron chi connectivity index (χ0n) is 20.4. The van der Waals surface area contributed by atoms with Crippen molar-refractivity contribution in [3.05, 3.63) is 101 Å². The molecule has 0 atom stereocenters. The van der Waals surface area contributed by atoms with Gasteiger partial charge in [-0.1, -0.05) is 8.78 Å². The van der Waals surface area contributed by atoms with Crippen molar-refractivity contribution >= 4 is 0 Å². The summed E-state index contributed by atoms with van der Waals surface area (Å²) in [5.41, 5.74) is 0.